The number of nitrogens with one attached hydrogen (secondary N) is 1. The van der Waals surface area contributed by atoms with Gasteiger partial charge in [0, 0.05) is 6.21 Å². The van der Waals surface area contributed by atoms with Gasteiger partial charge in [-0.2, -0.15) is 8.78 Å². The molecule has 0 aliphatic heterocycles. The van der Waals surface area contributed by atoms with Crippen molar-refractivity contribution >= 4 is 29.5 Å². The van der Waals surface area contributed by atoms with Gasteiger partial charge in [0.2, 0.25) is 0 Å². The maximum atomic E-state index is 11.4. The molecule has 68 valence electrons. The molecule has 0 spiro atoms. The minimum absolute atomic E-state index is 0.517. The van der Waals surface area contributed by atoms with E-state index in [2.05, 4.69) is 4.99 Å². The molecule has 0 bridgehead atoms. The molecule has 0 aliphatic carbocycles. The molecule has 0 fully saturated rings. The quantitative estimate of drug-likeness (QED) is 0.402. The Hall–Kier alpha value is -1.04. The van der Waals surface area contributed by atoms with Gasteiger partial charge in [-0.25, -0.2) is 9.79 Å². The highest BCUT2D eigenvalue weighted by Crippen LogP contribution is 1.98. The van der Waals surface area contributed by atoms with E-state index in [4.69, 9.17) is 22.1 Å². The molecule has 2 N–H and O–H groups in total. The van der Waals surface area contributed by atoms with Gasteiger partial charge in [0.1, 0.15) is 11.1 Å². The van der Waals surface area contributed by atoms with Crippen molar-refractivity contribution in [1.29, 1.82) is 5.41 Å². The van der Waals surface area contributed by atoms with Gasteiger partial charge in [-0.3, -0.25) is 5.41 Å². The molecule has 7 heteroatoms. The molecule has 0 aromatic carbocycles. The maximum Gasteiger partial charge on any atom is 0.351 e. The topological polar surface area (TPSA) is 73.5 Å². The molecule has 1 atom stereocenters. The Balaban J connectivity index is 4.13. The zero-order chi connectivity index (χ0) is 9.72. The summed E-state index contributed by atoms with van der Waals surface area (Å²) in [6.45, 7) is -2.94. The van der Waals surface area contributed by atoms with Crippen molar-refractivity contribution in [3.8, 4) is 0 Å². The summed E-state index contributed by atoms with van der Waals surface area (Å²) < 4.78 is 22.8. The van der Waals surface area contributed by atoms with Crippen LogP contribution in [0.25, 0.3) is 0 Å². The van der Waals surface area contributed by atoms with Crippen LogP contribution >= 0.6 is 11.6 Å². The minimum atomic E-state index is -2.94. The molecule has 0 saturated carbocycles. The summed E-state index contributed by atoms with van der Waals surface area (Å²) in [5.74, 6) is -1.56. The summed E-state index contributed by atoms with van der Waals surface area (Å²) in [4.78, 5) is 12.6. The molecule has 0 aliphatic rings. The third kappa shape index (κ3) is 3.97. The zero-order valence-electron chi connectivity index (χ0n) is 5.67. The lowest BCUT2D eigenvalue weighted by Gasteiger charge is -1.99. The van der Waals surface area contributed by atoms with Crippen LogP contribution in [0.2, 0.25) is 0 Å². The Kier molecular flexibility index (Phi) is 4.35. The highest BCUT2D eigenvalue weighted by molar-refractivity contribution is 6.53. The van der Waals surface area contributed by atoms with Crippen LogP contribution < -0.4 is 0 Å². The molecule has 0 aromatic heterocycles. The Bertz CT molecular complexity index is 219. The van der Waals surface area contributed by atoms with Crippen LogP contribution in [0.3, 0.4) is 0 Å². The van der Waals surface area contributed by atoms with E-state index in [0.29, 0.717) is 6.21 Å². The van der Waals surface area contributed by atoms with Crippen molar-refractivity contribution in [2.45, 2.75) is 11.9 Å². The van der Waals surface area contributed by atoms with Crippen molar-refractivity contribution in [3.63, 3.8) is 0 Å². The van der Waals surface area contributed by atoms with Gasteiger partial charge >= 0.3 is 12.5 Å². The van der Waals surface area contributed by atoms with Gasteiger partial charge in [0.15, 0.2) is 0 Å². The number of carboxylic acids is 1. The zero-order valence-corrected chi connectivity index (χ0v) is 6.42. The smallest absolute Gasteiger partial charge is 0.351 e. The van der Waals surface area contributed by atoms with E-state index >= 15 is 0 Å². The monoisotopic (exact) mass is 198 g/mol. The van der Waals surface area contributed by atoms with Gasteiger partial charge in [-0.1, -0.05) is 0 Å². The predicted octanol–water partition coefficient (Wildman–Crippen LogP) is 0.992. The van der Waals surface area contributed by atoms with Crippen LogP contribution in [0.1, 0.15) is 0 Å². The predicted molar refractivity (Wildman–Crippen MR) is 39.5 cm³/mol. The molecule has 0 rings (SSSR count). The number of rotatable bonds is 4. The summed E-state index contributed by atoms with van der Waals surface area (Å²) in [5.41, 5.74) is -0.888. The molecule has 1 unspecified atom stereocenters. The van der Waals surface area contributed by atoms with Crippen LogP contribution in [-0.4, -0.2) is 34.9 Å². The fourth-order valence-electron chi connectivity index (χ4n) is 0.333. The number of aliphatic carboxylic acids is 1. The molecule has 4 nitrogen and oxygen atoms in total. The first kappa shape index (κ1) is 11.0. The van der Waals surface area contributed by atoms with Crippen LogP contribution in [0.4, 0.5) is 8.78 Å². The van der Waals surface area contributed by atoms with Crippen molar-refractivity contribution in [2.24, 2.45) is 4.99 Å². The van der Waals surface area contributed by atoms with Gasteiger partial charge in [-0.05, 0) is 0 Å². The first-order chi connectivity index (χ1) is 5.45. The number of halogens is 3. The van der Waals surface area contributed by atoms with E-state index < -0.39 is 23.6 Å². The first-order valence-electron chi connectivity index (χ1n) is 2.72. The Morgan fingerprint density at radius 1 is 1.67 bits per heavy atom. The van der Waals surface area contributed by atoms with E-state index in [9.17, 15) is 13.6 Å². The van der Waals surface area contributed by atoms with E-state index in [1.807, 2.05) is 0 Å². The Labute approximate surface area is 71.4 Å². The molecule has 0 aromatic rings. The van der Waals surface area contributed by atoms with Gasteiger partial charge < -0.3 is 5.11 Å². The fraction of sp³-hybridized carbons (Fsp3) is 0.400. The molecule has 0 amide bonds. The Morgan fingerprint density at radius 3 is 2.50 bits per heavy atom. The van der Waals surface area contributed by atoms with Crippen LogP contribution in [-0.2, 0) is 4.79 Å². The van der Waals surface area contributed by atoms with Crippen LogP contribution in [0.15, 0.2) is 4.99 Å². The lowest BCUT2D eigenvalue weighted by molar-refractivity contribution is -0.129. The van der Waals surface area contributed by atoms with E-state index in [-0.39, 0.29) is 0 Å². The maximum absolute atomic E-state index is 11.4. The third-order valence-corrected chi connectivity index (χ3v) is 1.17. The Morgan fingerprint density at radius 2 is 2.17 bits per heavy atom. The lowest BCUT2D eigenvalue weighted by Crippen LogP contribution is -2.24. The number of hydrogen-bond acceptors (Lipinski definition) is 3. The van der Waals surface area contributed by atoms with Gasteiger partial charge in [-0.15, -0.1) is 11.6 Å². The van der Waals surface area contributed by atoms with Crippen molar-refractivity contribution in [2.75, 3.05) is 0 Å². The normalized spacial score (nSPS) is 13.7. The van der Waals surface area contributed by atoms with E-state index in [1.54, 1.807) is 0 Å². The largest absolute Gasteiger partial charge is 0.477 e. The number of aliphatic imine (C=N–C) groups is 1. The van der Waals surface area contributed by atoms with Gasteiger partial charge in [0.05, 0.1) is 0 Å². The van der Waals surface area contributed by atoms with Gasteiger partial charge in [0.25, 0.3) is 0 Å². The standard InChI is InChI=1S/C5H5ClF2N2O2/c6-2(1-10-5(7)8)3(9)4(11)12/h1-2,5,9H,(H,11,12). The molecular formula is C5H5ClF2N2O2. The number of carbonyl (C=O) groups is 1. The molecule has 0 radical (unpaired) electrons. The average molecular weight is 199 g/mol. The van der Waals surface area contributed by atoms with E-state index in [1.165, 1.54) is 0 Å². The highest BCUT2D eigenvalue weighted by atomic mass is 35.5. The summed E-state index contributed by atoms with van der Waals surface area (Å²) >= 11 is 5.18. The second-order valence-corrected chi connectivity index (χ2v) is 2.17. The second kappa shape index (κ2) is 4.76. The summed E-state index contributed by atoms with van der Waals surface area (Å²) in [6.07, 6.45) is 0.517. The van der Waals surface area contributed by atoms with Crippen molar-refractivity contribution < 1.29 is 18.7 Å². The first-order valence-corrected chi connectivity index (χ1v) is 3.16. The van der Waals surface area contributed by atoms with Crippen molar-refractivity contribution in [1.82, 2.24) is 0 Å². The molecule has 12 heavy (non-hydrogen) atoms. The van der Waals surface area contributed by atoms with E-state index in [0.717, 1.165) is 0 Å². The molecule has 0 saturated heterocycles. The van der Waals surface area contributed by atoms with Crippen molar-refractivity contribution in [3.05, 3.63) is 0 Å². The fourth-order valence-corrected chi connectivity index (χ4v) is 0.492. The van der Waals surface area contributed by atoms with Crippen LogP contribution in [0, 0.1) is 5.41 Å². The lowest BCUT2D eigenvalue weighted by atomic mass is 10.3. The average Bonchev–Trinajstić information content (AvgIpc) is 1.98. The third-order valence-electron chi connectivity index (χ3n) is 0.836. The summed E-state index contributed by atoms with van der Waals surface area (Å²) in [6, 6.07) is 0. The SMILES string of the molecule is N=C(C(=O)O)C(Cl)C=NC(F)F. The molecular weight excluding hydrogens is 194 g/mol. The van der Waals surface area contributed by atoms with Crippen LogP contribution in [0.5, 0.6) is 0 Å². The highest BCUT2D eigenvalue weighted by Gasteiger charge is 2.16. The number of carboxylic acid groups (broad SMARTS) is 1. The summed E-state index contributed by atoms with van der Waals surface area (Å²) in [5, 5.41) is 13.5. The second-order valence-electron chi connectivity index (χ2n) is 1.70. The number of nitrogens with zero attached hydrogens (tertiary/aromatic N) is 1. The number of hydrogen-bond donors (Lipinski definition) is 2. The number of alkyl halides is 3. The minimum Gasteiger partial charge on any atom is -0.477 e. The summed E-state index contributed by atoms with van der Waals surface area (Å²) in [7, 11) is 0. The molecule has 0 heterocycles.